The van der Waals surface area contributed by atoms with Crippen molar-refractivity contribution in [3.63, 3.8) is 0 Å². The van der Waals surface area contributed by atoms with E-state index in [9.17, 15) is 4.79 Å². The first-order valence-electron chi connectivity index (χ1n) is 9.76. The Bertz CT molecular complexity index is 1430. The highest BCUT2D eigenvalue weighted by Gasteiger charge is 2.23. The fraction of sp³-hybridized carbons (Fsp3) is 0.0400. The number of aromatic nitrogens is 3. The summed E-state index contributed by atoms with van der Waals surface area (Å²) in [5, 5.41) is 0.615. The second kappa shape index (κ2) is 7.61. The van der Waals surface area contributed by atoms with E-state index in [-0.39, 0.29) is 5.56 Å². The van der Waals surface area contributed by atoms with Crippen LogP contribution in [0.15, 0.2) is 95.8 Å². The van der Waals surface area contributed by atoms with E-state index in [0.29, 0.717) is 16.7 Å². The van der Waals surface area contributed by atoms with Crippen LogP contribution in [0.2, 0.25) is 0 Å². The molecule has 0 aliphatic rings. The van der Waals surface area contributed by atoms with Crippen LogP contribution >= 0.6 is 12.2 Å². The molecule has 2 N–H and O–H groups in total. The molecule has 0 radical (unpaired) electrons. The van der Waals surface area contributed by atoms with Gasteiger partial charge in [-0.15, -0.1) is 0 Å². The Morgan fingerprint density at radius 3 is 1.93 bits per heavy atom. The summed E-state index contributed by atoms with van der Waals surface area (Å²) in [7, 11) is 0. The van der Waals surface area contributed by atoms with Gasteiger partial charge in [-0.25, -0.2) is 0 Å². The molecule has 0 atom stereocenters. The molecule has 146 valence electrons. The summed E-state index contributed by atoms with van der Waals surface area (Å²) in [6, 6.07) is 30.4. The van der Waals surface area contributed by atoms with E-state index in [4.69, 9.17) is 12.2 Å². The predicted octanol–water partition coefficient (Wildman–Crippen LogP) is 5.77. The number of hydrogen-bond donors (Lipinski definition) is 2. The average molecular weight is 410 g/mol. The molecule has 30 heavy (non-hydrogen) atoms. The molecule has 4 nitrogen and oxygen atoms in total. The van der Waals surface area contributed by atoms with Gasteiger partial charge in [-0.3, -0.25) is 9.78 Å². The third kappa shape index (κ3) is 3.19. The Morgan fingerprint density at radius 2 is 1.30 bits per heavy atom. The Morgan fingerprint density at radius 1 is 0.733 bits per heavy atom. The maximum atomic E-state index is 13.1. The molecule has 0 saturated carbocycles. The van der Waals surface area contributed by atoms with Gasteiger partial charge in [-0.2, -0.15) is 0 Å². The first-order chi connectivity index (χ1) is 14.7. The van der Waals surface area contributed by atoms with E-state index in [0.717, 1.165) is 33.6 Å². The molecule has 2 heterocycles. The normalized spacial score (nSPS) is 11.1. The quantitative estimate of drug-likeness (QED) is 0.370. The van der Waals surface area contributed by atoms with E-state index in [1.165, 1.54) is 0 Å². The van der Waals surface area contributed by atoms with Crippen molar-refractivity contribution in [1.29, 1.82) is 0 Å². The van der Waals surface area contributed by atoms with Crippen LogP contribution in [0.1, 0.15) is 5.56 Å². The molecular weight excluding hydrogens is 390 g/mol. The summed E-state index contributed by atoms with van der Waals surface area (Å²) < 4.78 is 2.48. The van der Waals surface area contributed by atoms with E-state index in [2.05, 4.69) is 38.8 Å². The van der Waals surface area contributed by atoms with Crippen molar-refractivity contribution in [2.45, 2.75) is 6.54 Å². The number of nitrogens with zero attached hydrogens (tertiary/aromatic N) is 1. The van der Waals surface area contributed by atoms with E-state index < -0.39 is 0 Å². The average Bonchev–Trinajstić information content (AvgIpc) is 3.10. The van der Waals surface area contributed by atoms with Crippen molar-refractivity contribution in [1.82, 2.24) is 14.5 Å². The molecule has 0 amide bonds. The van der Waals surface area contributed by atoms with Crippen LogP contribution in [0.25, 0.3) is 33.4 Å². The minimum atomic E-state index is -0.184. The zero-order valence-electron chi connectivity index (χ0n) is 16.1. The minimum absolute atomic E-state index is 0.184. The van der Waals surface area contributed by atoms with Gasteiger partial charge in [-0.1, -0.05) is 91.0 Å². The summed E-state index contributed by atoms with van der Waals surface area (Å²) >= 11 is 5.31. The zero-order chi connectivity index (χ0) is 20.5. The maximum absolute atomic E-state index is 13.1. The number of aromatic amines is 2. The molecule has 0 bridgehead atoms. The van der Waals surface area contributed by atoms with Crippen LogP contribution in [0.5, 0.6) is 0 Å². The monoisotopic (exact) mass is 409 g/mol. The Kier molecular flexibility index (Phi) is 4.65. The number of fused-ring (bicyclic) bond motifs is 1. The first-order valence-corrected chi connectivity index (χ1v) is 10.2. The van der Waals surface area contributed by atoms with Crippen LogP contribution in [0.4, 0.5) is 0 Å². The molecule has 0 fully saturated rings. The molecule has 2 aromatic heterocycles. The summed E-state index contributed by atoms with van der Waals surface area (Å²) in [4.78, 5) is 19.1. The molecule has 0 aliphatic carbocycles. The fourth-order valence-electron chi connectivity index (χ4n) is 3.98. The third-order valence-electron chi connectivity index (χ3n) is 5.24. The van der Waals surface area contributed by atoms with Crippen molar-refractivity contribution < 1.29 is 0 Å². The largest absolute Gasteiger partial charge is 0.322 e. The van der Waals surface area contributed by atoms with Crippen LogP contribution in [-0.4, -0.2) is 14.5 Å². The lowest BCUT2D eigenvalue weighted by Crippen LogP contribution is -2.09. The van der Waals surface area contributed by atoms with Crippen molar-refractivity contribution in [3.8, 4) is 22.4 Å². The second-order valence-corrected chi connectivity index (χ2v) is 7.57. The fourth-order valence-corrected chi connectivity index (χ4v) is 4.17. The Hall–Kier alpha value is -3.70. The van der Waals surface area contributed by atoms with E-state index >= 15 is 0 Å². The highest BCUT2D eigenvalue weighted by atomic mass is 32.1. The minimum Gasteiger partial charge on any atom is -0.322 e. The standard InChI is InChI=1S/C25H19N3OS/c29-24-21-20(18-12-6-2-7-13-18)22(19-14-8-3-9-15-19)28(23(21)26-25(30)27-24)16-17-10-4-1-5-11-17/h1-15H,16H2,(H2,26,27,29,30). The summed E-state index contributed by atoms with van der Waals surface area (Å²) in [5.74, 6) is 0. The molecule has 0 saturated heterocycles. The Labute approximate surface area is 178 Å². The van der Waals surface area contributed by atoms with Crippen molar-refractivity contribution >= 4 is 23.3 Å². The lowest BCUT2D eigenvalue weighted by Gasteiger charge is -2.13. The number of rotatable bonds is 4. The van der Waals surface area contributed by atoms with Gasteiger partial charge >= 0.3 is 0 Å². The number of hydrogen-bond acceptors (Lipinski definition) is 2. The summed E-state index contributed by atoms with van der Waals surface area (Å²) in [5.41, 5.74) is 5.61. The van der Waals surface area contributed by atoms with Gasteiger partial charge in [-0.05, 0) is 28.9 Å². The van der Waals surface area contributed by atoms with Crippen molar-refractivity contribution in [2.75, 3.05) is 0 Å². The second-order valence-electron chi connectivity index (χ2n) is 7.16. The molecule has 5 heteroatoms. The van der Waals surface area contributed by atoms with Crippen LogP contribution < -0.4 is 5.56 Å². The SMILES string of the molecule is O=c1[nH]c(=S)[nH]c2c1c(-c1ccccc1)c(-c1ccccc1)n2Cc1ccccc1. The van der Waals surface area contributed by atoms with Gasteiger partial charge in [0.25, 0.3) is 5.56 Å². The molecule has 0 aliphatic heterocycles. The highest BCUT2D eigenvalue weighted by molar-refractivity contribution is 7.71. The number of H-pyrrole nitrogens is 2. The molecular formula is C25H19N3OS. The van der Waals surface area contributed by atoms with Gasteiger partial charge in [0, 0.05) is 12.1 Å². The Balaban J connectivity index is 1.94. The maximum Gasteiger partial charge on any atom is 0.261 e. The van der Waals surface area contributed by atoms with Crippen LogP contribution in [-0.2, 0) is 6.54 Å². The molecule has 5 aromatic rings. The number of nitrogens with one attached hydrogen (secondary N) is 2. The lowest BCUT2D eigenvalue weighted by molar-refractivity contribution is 0.830. The van der Waals surface area contributed by atoms with Gasteiger partial charge in [0.15, 0.2) is 4.77 Å². The van der Waals surface area contributed by atoms with E-state index in [1.807, 2.05) is 66.7 Å². The molecule has 0 unspecified atom stereocenters. The van der Waals surface area contributed by atoms with Crippen LogP contribution in [0.3, 0.4) is 0 Å². The lowest BCUT2D eigenvalue weighted by atomic mass is 9.99. The van der Waals surface area contributed by atoms with Crippen molar-refractivity contribution in [2.24, 2.45) is 0 Å². The topological polar surface area (TPSA) is 53.6 Å². The van der Waals surface area contributed by atoms with Crippen LogP contribution in [0, 0.1) is 4.77 Å². The number of benzene rings is 3. The first kappa shape index (κ1) is 18.3. The van der Waals surface area contributed by atoms with Crippen molar-refractivity contribution in [3.05, 3.63) is 112 Å². The van der Waals surface area contributed by atoms with E-state index in [1.54, 1.807) is 0 Å². The molecule has 3 aromatic carbocycles. The summed E-state index contributed by atoms with van der Waals surface area (Å²) in [6.45, 7) is 0.614. The summed E-state index contributed by atoms with van der Waals surface area (Å²) in [6.07, 6.45) is 0. The smallest absolute Gasteiger partial charge is 0.261 e. The molecule has 0 spiro atoms. The third-order valence-corrected chi connectivity index (χ3v) is 5.45. The molecule has 5 rings (SSSR count). The zero-order valence-corrected chi connectivity index (χ0v) is 16.9. The van der Waals surface area contributed by atoms with Gasteiger partial charge < -0.3 is 9.55 Å². The van der Waals surface area contributed by atoms with Gasteiger partial charge in [0.2, 0.25) is 0 Å². The van der Waals surface area contributed by atoms with Gasteiger partial charge in [0.05, 0.1) is 11.1 Å². The highest BCUT2D eigenvalue weighted by Crippen LogP contribution is 2.39. The predicted molar refractivity (Wildman–Crippen MR) is 124 cm³/mol. The van der Waals surface area contributed by atoms with Gasteiger partial charge in [0.1, 0.15) is 5.65 Å².